The van der Waals surface area contributed by atoms with Crippen molar-refractivity contribution in [2.24, 2.45) is 0 Å². The molecule has 0 atom stereocenters. The van der Waals surface area contributed by atoms with Gasteiger partial charge in [-0.05, 0) is 31.4 Å². The topological polar surface area (TPSA) is 78.7 Å². The average Bonchev–Trinajstić information content (AvgIpc) is 2.48. The Labute approximate surface area is 130 Å². The van der Waals surface area contributed by atoms with Crippen LogP contribution in [0.2, 0.25) is 0 Å². The Morgan fingerprint density at radius 3 is 2.41 bits per heavy atom. The van der Waals surface area contributed by atoms with Gasteiger partial charge >= 0.3 is 11.7 Å². The van der Waals surface area contributed by atoms with Crippen molar-refractivity contribution in [3.05, 3.63) is 33.4 Å². The lowest BCUT2D eigenvalue weighted by Gasteiger charge is -2.12. The number of hydrogen-bond acceptors (Lipinski definition) is 5. The van der Waals surface area contributed by atoms with Gasteiger partial charge in [-0.1, -0.05) is 32.8 Å². The molecule has 122 valence electrons. The second kappa shape index (κ2) is 9.02. The predicted octanol–water partition coefficient (Wildman–Crippen LogP) is 4.04. The molecule has 0 spiro atoms. The Bertz CT molecular complexity index is 528. The smallest absolute Gasteiger partial charge is 0.345 e. The molecule has 0 saturated carbocycles. The van der Waals surface area contributed by atoms with E-state index in [1.54, 1.807) is 13.0 Å². The summed E-state index contributed by atoms with van der Waals surface area (Å²) in [6.45, 7) is 6.34. The van der Waals surface area contributed by atoms with Crippen LogP contribution in [0.25, 0.3) is 0 Å². The third kappa shape index (κ3) is 4.72. The van der Waals surface area contributed by atoms with Crippen molar-refractivity contribution in [3.63, 3.8) is 0 Å². The maximum atomic E-state index is 12.1. The summed E-state index contributed by atoms with van der Waals surface area (Å²) in [5.74, 6) is -0.524. The number of ether oxygens (including phenoxy) is 2. The molecule has 0 N–H and O–H groups in total. The van der Waals surface area contributed by atoms with Crippen molar-refractivity contribution in [2.75, 3.05) is 13.2 Å². The molecule has 0 aliphatic heterocycles. The molecule has 6 heteroatoms. The van der Waals surface area contributed by atoms with Crippen molar-refractivity contribution < 1.29 is 19.2 Å². The third-order valence-corrected chi connectivity index (χ3v) is 3.21. The van der Waals surface area contributed by atoms with Crippen LogP contribution in [0.1, 0.15) is 55.5 Å². The highest BCUT2D eigenvalue weighted by molar-refractivity contribution is 5.95. The summed E-state index contributed by atoms with van der Waals surface area (Å²) in [6.07, 6.45) is 3.33. The normalized spacial score (nSPS) is 10.3. The Kier molecular flexibility index (Phi) is 7.36. The molecule has 0 aliphatic rings. The van der Waals surface area contributed by atoms with E-state index in [2.05, 4.69) is 0 Å². The molecular formula is C16H23NO5. The molecule has 0 aliphatic carbocycles. The lowest BCUT2D eigenvalue weighted by molar-refractivity contribution is -0.386. The van der Waals surface area contributed by atoms with Crippen LogP contribution in [0, 0.1) is 17.0 Å². The highest BCUT2D eigenvalue weighted by Gasteiger charge is 2.28. The van der Waals surface area contributed by atoms with Crippen LogP contribution in [0.4, 0.5) is 5.69 Å². The van der Waals surface area contributed by atoms with E-state index < -0.39 is 10.9 Å². The van der Waals surface area contributed by atoms with Gasteiger partial charge in [0.05, 0.1) is 18.1 Å². The van der Waals surface area contributed by atoms with E-state index in [-0.39, 0.29) is 23.6 Å². The number of carbonyl (C=O) groups is 1. The number of nitro groups is 1. The fraction of sp³-hybridized carbons (Fsp3) is 0.562. The van der Waals surface area contributed by atoms with Gasteiger partial charge in [-0.3, -0.25) is 10.1 Å². The summed E-state index contributed by atoms with van der Waals surface area (Å²) >= 11 is 0. The largest absolute Gasteiger partial charge is 0.487 e. The van der Waals surface area contributed by atoms with Crippen LogP contribution < -0.4 is 4.74 Å². The van der Waals surface area contributed by atoms with Gasteiger partial charge in [-0.15, -0.1) is 0 Å². The van der Waals surface area contributed by atoms with Crippen LogP contribution in [-0.4, -0.2) is 24.1 Å². The van der Waals surface area contributed by atoms with Gasteiger partial charge < -0.3 is 9.47 Å². The fourth-order valence-electron chi connectivity index (χ4n) is 1.91. The fourth-order valence-corrected chi connectivity index (χ4v) is 1.91. The number of aryl methyl sites for hydroxylation is 1. The minimum absolute atomic E-state index is 0.0572. The Morgan fingerprint density at radius 1 is 1.18 bits per heavy atom. The van der Waals surface area contributed by atoms with Gasteiger partial charge in [-0.25, -0.2) is 4.79 Å². The van der Waals surface area contributed by atoms with Gasteiger partial charge in [0, 0.05) is 0 Å². The number of nitro benzene ring substituents is 1. The van der Waals surface area contributed by atoms with Crippen molar-refractivity contribution in [2.45, 2.75) is 46.5 Å². The van der Waals surface area contributed by atoms with Gasteiger partial charge in [0.1, 0.15) is 5.56 Å². The second-order valence-electron chi connectivity index (χ2n) is 5.06. The molecule has 0 amide bonds. The van der Waals surface area contributed by atoms with Gasteiger partial charge in [0.2, 0.25) is 5.75 Å². The first kappa shape index (κ1) is 17.9. The monoisotopic (exact) mass is 309 g/mol. The van der Waals surface area contributed by atoms with E-state index in [9.17, 15) is 14.9 Å². The van der Waals surface area contributed by atoms with Crippen molar-refractivity contribution in [1.82, 2.24) is 0 Å². The molecule has 0 unspecified atom stereocenters. The van der Waals surface area contributed by atoms with E-state index in [1.165, 1.54) is 6.07 Å². The number of hydrogen-bond donors (Lipinski definition) is 0. The SMILES string of the molecule is CCCCOC(=O)c1ccc(C)c(OCCCC)c1[N+](=O)[O-]. The van der Waals surface area contributed by atoms with Crippen LogP contribution in [0.5, 0.6) is 5.75 Å². The molecular weight excluding hydrogens is 286 g/mol. The molecule has 1 aromatic carbocycles. The van der Waals surface area contributed by atoms with E-state index in [4.69, 9.17) is 9.47 Å². The zero-order valence-corrected chi connectivity index (χ0v) is 13.4. The van der Waals surface area contributed by atoms with Crippen LogP contribution in [0.15, 0.2) is 12.1 Å². The maximum absolute atomic E-state index is 12.1. The molecule has 6 nitrogen and oxygen atoms in total. The summed E-state index contributed by atoms with van der Waals surface area (Å²) in [4.78, 5) is 22.9. The maximum Gasteiger partial charge on any atom is 0.345 e. The lowest BCUT2D eigenvalue weighted by Crippen LogP contribution is -2.11. The summed E-state index contributed by atoms with van der Waals surface area (Å²) in [5.41, 5.74) is 0.267. The highest BCUT2D eigenvalue weighted by Crippen LogP contribution is 2.35. The number of unbranched alkanes of at least 4 members (excludes halogenated alkanes) is 2. The number of rotatable bonds is 9. The molecule has 0 saturated heterocycles. The van der Waals surface area contributed by atoms with E-state index >= 15 is 0 Å². The van der Waals surface area contributed by atoms with Crippen LogP contribution in [-0.2, 0) is 4.74 Å². The Hall–Kier alpha value is -2.11. The number of benzene rings is 1. The first-order chi connectivity index (χ1) is 10.5. The number of carbonyl (C=O) groups excluding carboxylic acids is 1. The standard InChI is InChI=1S/C16H23NO5/c1-4-6-10-21-15-12(3)8-9-13(14(15)17(19)20)16(18)22-11-7-5-2/h8-9H,4-7,10-11H2,1-3H3. The molecule has 22 heavy (non-hydrogen) atoms. The molecule has 0 radical (unpaired) electrons. The molecule has 0 fully saturated rings. The summed E-state index contributed by atoms with van der Waals surface area (Å²) in [5, 5.41) is 11.4. The quantitative estimate of drug-likeness (QED) is 0.298. The lowest BCUT2D eigenvalue weighted by atomic mass is 10.1. The van der Waals surface area contributed by atoms with Crippen LogP contribution >= 0.6 is 0 Å². The van der Waals surface area contributed by atoms with Gasteiger partial charge in [-0.2, -0.15) is 0 Å². The zero-order chi connectivity index (χ0) is 16.5. The van der Waals surface area contributed by atoms with Crippen molar-refractivity contribution >= 4 is 11.7 Å². The van der Waals surface area contributed by atoms with Crippen molar-refractivity contribution in [3.8, 4) is 5.75 Å². The zero-order valence-electron chi connectivity index (χ0n) is 13.4. The Morgan fingerprint density at radius 2 is 1.82 bits per heavy atom. The van der Waals surface area contributed by atoms with E-state index in [0.717, 1.165) is 25.7 Å². The molecule has 1 aromatic rings. The highest BCUT2D eigenvalue weighted by atomic mass is 16.6. The number of esters is 1. The molecule has 0 heterocycles. The average molecular weight is 309 g/mol. The van der Waals surface area contributed by atoms with E-state index in [0.29, 0.717) is 12.2 Å². The summed E-state index contributed by atoms with van der Waals surface area (Å²) in [6, 6.07) is 3.07. The Balaban J connectivity index is 3.08. The van der Waals surface area contributed by atoms with Crippen molar-refractivity contribution in [1.29, 1.82) is 0 Å². The summed E-state index contributed by atoms with van der Waals surface area (Å²) < 4.78 is 10.6. The first-order valence-electron chi connectivity index (χ1n) is 7.60. The third-order valence-electron chi connectivity index (χ3n) is 3.21. The molecule has 1 rings (SSSR count). The van der Waals surface area contributed by atoms with Gasteiger partial charge in [0.25, 0.3) is 0 Å². The molecule has 0 aromatic heterocycles. The van der Waals surface area contributed by atoms with E-state index in [1.807, 2.05) is 13.8 Å². The predicted molar refractivity (Wildman–Crippen MR) is 83.4 cm³/mol. The first-order valence-corrected chi connectivity index (χ1v) is 7.60. The minimum Gasteiger partial charge on any atom is -0.487 e. The van der Waals surface area contributed by atoms with Gasteiger partial charge in [0.15, 0.2) is 0 Å². The summed E-state index contributed by atoms with van der Waals surface area (Å²) in [7, 11) is 0. The van der Waals surface area contributed by atoms with Crippen LogP contribution in [0.3, 0.4) is 0 Å². The number of nitrogens with zero attached hydrogens (tertiary/aromatic N) is 1. The second-order valence-corrected chi connectivity index (χ2v) is 5.06. The minimum atomic E-state index is -0.680. The molecule has 0 bridgehead atoms.